The molecule has 4 nitrogen and oxygen atoms in total. The van der Waals surface area contributed by atoms with Gasteiger partial charge in [0.05, 0.1) is 5.69 Å². The van der Waals surface area contributed by atoms with Gasteiger partial charge in [0.2, 0.25) is 0 Å². The van der Waals surface area contributed by atoms with Crippen LogP contribution in [0.15, 0.2) is 24.3 Å². The first kappa shape index (κ1) is 15.7. The Morgan fingerprint density at radius 1 is 1.10 bits per heavy atom. The van der Waals surface area contributed by atoms with E-state index in [1.54, 1.807) is 0 Å². The molecule has 21 heavy (non-hydrogen) atoms. The number of hydrogen-bond donors (Lipinski definition) is 2. The van der Waals surface area contributed by atoms with Crippen LogP contribution in [0.4, 0.5) is 0 Å². The molecule has 1 aromatic carbocycles. The maximum absolute atomic E-state index is 4.24. The molecular weight excluding hydrogens is 260 g/mol. The fourth-order valence-corrected chi connectivity index (χ4v) is 2.49. The number of benzene rings is 1. The Kier molecular flexibility index (Phi) is 6.41. The summed E-state index contributed by atoms with van der Waals surface area (Å²) in [5.74, 6) is 0. The van der Waals surface area contributed by atoms with Crippen molar-refractivity contribution < 1.29 is 0 Å². The van der Waals surface area contributed by atoms with E-state index in [0.717, 1.165) is 30.0 Å². The maximum Gasteiger partial charge on any atom is 0.117 e. The van der Waals surface area contributed by atoms with Crippen molar-refractivity contribution in [1.29, 1.82) is 0 Å². The van der Waals surface area contributed by atoms with Crippen LogP contribution in [0.1, 0.15) is 50.3 Å². The summed E-state index contributed by atoms with van der Waals surface area (Å²) in [5, 5.41) is 14.7. The summed E-state index contributed by atoms with van der Waals surface area (Å²) in [6, 6.07) is 8.30. The van der Waals surface area contributed by atoms with E-state index in [0.29, 0.717) is 0 Å². The lowest BCUT2D eigenvalue weighted by Gasteiger charge is -2.06. The van der Waals surface area contributed by atoms with Crippen molar-refractivity contribution in [3.05, 3.63) is 35.5 Å². The minimum atomic E-state index is 0.796. The Morgan fingerprint density at radius 3 is 2.71 bits per heavy atom. The average Bonchev–Trinajstić information content (AvgIpc) is 2.95. The second-order valence-corrected chi connectivity index (χ2v) is 5.54. The van der Waals surface area contributed by atoms with Crippen LogP contribution in [-0.4, -0.2) is 22.0 Å². The Labute approximate surface area is 127 Å². The zero-order valence-electron chi connectivity index (χ0n) is 13.2. The average molecular weight is 286 g/mol. The molecule has 0 fully saturated rings. The minimum absolute atomic E-state index is 0.796. The van der Waals surface area contributed by atoms with Gasteiger partial charge in [-0.1, -0.05) is 62.1 Å². The molecule has 0 aliphatic rings. The van der Waals surface area contributed by atoms with Crippen LogP contribution < -0.4 is 5.32 Å². The van der Waals surface area contributed by atoms with Crippen LogP contribution in [0.2, 0.25) is 0 Å². The summed E-state index contributed by atoms with van der Waals surface area (Å²) in [6.45, 7) is 6.20. The number of hydrogen-bond acceptors (Lipinski definition) is 3. The van der Waals surface area contributed by atoms with E-state index in [-0.39, 0.29) is 0 Å². The number of rotatable bonds is 9. The van der Waals surface area contributed by atoms with Crippen LogP contribution in [0.3, 0.4) is 0 Å². The van der Waals surface area contributed by atoms with Crippen LogP contribution in [0.25, 0.3) is 11.3 Å². The van der Waals surface area contributed by atoms with Gasteiger partial charge in [-0.05, 0) is 25.5 Å². The Bertz CT molecular complexity index is 533. The van der Waals surface area contributed by atoms with Crippen molar-refractivity contribution >= 4 is 0 Å². The van der Waals surface area contributed by atoms with Crippen molar-refractivity contribution in [2.45, 2.75) is 52.5 Å². The number of H-pyrrole nitrogens is 1. The van der Waals surface area contributed by atoms with Crippen molar-refractivity contribution in [2.24, 2.45) is 0 Å². The lowest BCUT2D eigenvalue weighted by molar-refractivity contribution is 0.580. The van der Waals surface area contributed by atoms with Gasteiger partial charge in [-0.3, -0.25) is 5.10 Å². The molecule has 0 unspecified atom stereocenters. The van der Waals surface area contributed by atoms with Crippen molar-refractivity contribution in [1.82, 2.24) is 20.7 Å². The van der Waals surface area contributed by atoms with Gasteiger partial charge in [0.25, 0.3) is 0 Å². The predicted molar refractivity (Wildman–Crippen MR) is 87.0 cm³/mol. The van der Waals surface area contributed by atoms with Gasteiger partial charge < -0.3 is 5.32 Å². The number of aromatic nitrogens is 3. The lowest BCUT2D eigenvalue weighted by atomic mass is 10.0. The highest BCUT2D eigenvalue weighted by atomic mass is 15.3. The molecule has 0 aliphatic carbocycles. The van der Waals surface area contributed by atoms with Gasteiger partial charge in [-0.15, -0.1) is 5.10 Å². The minimum Gasteiger partial charge on any atom is -0.311 e. The SMILES string of the molecule is CCCCCCCNCc1[nH]nnc1-c1ccccc1C. The van der Waals surface area contributed by atoms with E-state index in [4.69, 9.17) is 0 Å². The second-order valence-electron chi connectivity index (χ2n) is 5.54. The molecule has 4 heteroatoms. The molecule has 1 aromatic heterocycles. The van der Waals surface area contributed by atoms with Crippen molar-refractivity contribution in [3.63, 3.8) is 0 Å². The highest BCUT2D eigenvalue weighted by Gasteiger charge is 2.10. The number of unbranched alkanes of at least 4 members (excludes halogenated alkanes) is 4. The molecule has 0 radical (unpaired) electrons. The highest BCUT2D eigenvalue weighted by molar-refractivity contribution is 5.64. The third-order valence-electron chi connectivity index (χ3n) is 3.78. The first-order valence-corrected chi connectivity index (χ1v) is 7.99. The second kappa shape index (κ2) is 8.57. The molecule has 2 rings (SSSR count). The molecule has 0 bridgehead atoms. The summed E-state index contributed by atoms with van der Waals surface area (Å²) >= 11 is 0. The van der Waals surface area contributed by atoms with Gasteiger partial charge in [-0.2, -0.15) is 0 Å². The molecule has 0 atom stereocenters. The number of aryl methyl sites for hydroxylation is 1. The summed E-state index contributed by atoms with van der Waals surface area (Å²) < 4.78 is 0. The summed E-state index contributed by atoms with van der Waals surface area (Å²) in [5.41, 5.74) is 4.42. The van der Waals surface area contributed by atoms with E-state index in [2.05, 4.69) is 46.7 Å². The Balaban J connectivity index is 1.83. The third kappa shape index (κ3) is 4.67. The van der Waals surface area contributed by atoms with E-state index in [1.807, 2.05) is 12.1 Å². The standard InChI is InChI=1S/C17H26N4/c1-3-4-5-6-9-12-18-13-16-17(20-21-19-16)15-11-8-7-10-14(15)2/h7-8,10-11,18H,3-6,9,12-13H2,1-2H3,(H,19,20,21). The van der Waals surface area contributed by atoms with Gasteiger partial charge in [0, 0.05) is 12.1 Å². The molecule has 0 saturated carbocycles. The van der Waals surface area contributed by atoms with Crippen LogP contribution in [0.5, 0.6) is 0 Å². The van der Waals surface area contributed by atoms with Gasteiger partial charge in [0.15, 0.2) is 0 Å². The number of aromatic amines is 1. The summed E-state index contributed by atoms with van der Waals surface area (Å²) in [4.78, 5) is 0. The molecular formula is C17H26N4. The molecule has 0 amide bonds. The third-order valence-corrected chi connectivity index (χ3v) is 3.78. The fourth-order valence-electron chi connectivity index (χ4n) is 2.49. The van der Waals surface area contributed by atoms with E-state index < -0.39 is 0 Å². The molecule has 2 aromatic rings. The van der Waals surface area contributed by atoms with Crippen LogP contribution >= 0.6 is 0 Å². The highest BCUT2D eigenvalue weighted by Crippen LogP contribution is 2.22. The van der Waals surface area contributed by atoms with Crippen LogP contribution in [-0.2, 0) is 6.54 Å². The molecule has 0 aliphatic heterocycles. The lowest BCUT2D eigenvalue weighted by Crippen LogP contribution is -2.15. The Hall–Kier alpha value is -1.68. The number of nitrogens with one attached hydrogen (secondary N) is 2. The first-order chi connectivity index (χ1) is 10.3. The molecule has 114 valence electrons. The molecule has 0 spiro atoms. The monoisotopic (exact) mass is 286 g/mol. The van der Waals surface area contributed by atoms with Crippen LogP contribution in [0, 0.1) is 6.92 Å². The number of nitrogens with zero attached hydrogens (tertiary/aromatic N) is 2. The largest absolute Gasteiger partial charge is 0.311 e. The fraction of sp³-hybridized carbons (Fsp3) is 0.529. The van der Waals surface area contributed by atoms with E-state index in [1.165, 1.54) is 37.7 Å². The molecule has 1 heterocycles. The quantitative estimate of drug-likeness (QED) is 0.689. The zero-order chi connectivity index (χ0) is 14.9. The molecule has 0 saturated heterocycles. The topological polar surface area (TPSA) is 53.6 Å². The van der Waals surface area contributed by atoms with Gasteiger partial charge in [0.1, 0.15) is 5.69 Å². The van der Waals surface area contributed by atoms with E-state index in [9.17, 15) is 0 Å². The van der Waals surface area contributed by atoms with Crippen molar-refractivity contribution in [3.8, 4) is 11.3 Å². The molecule has 2 N–H and O–H groups in total. The van der Waals surface area contributed by atoms with E-state index >= 15 is 0 Å². The predicted octanol–water partition coefficient (Wildman–Crippen LogP) is 3.84. The van der Waals surface area contributed by atoms with Gasteiger partial charge in [-0.25, -0.2) is 0 Å². The smallest absolute Gasteiger partial charge is 0.117 e. The summed E-state index contributed by atoms with van der Waals surface area (Å²) in [7, 11) is 0. The maximum atomic E-state index is 4.24. The first-order valence-electron chi connectivity index (χ1n) is 7.99. The zero-order valence-corrected chi connectivity index (χ0v) is 13.2. The van der Waals surface area contributed by atoms with Crippen molar-refractivity contribution in [2.75, 3.05) is 6.54 Å². The van der Waals surface area contributed by atoms with Gasteiger partial charge >= 0.3 is 0 Å². The normalized spacial score (nSPS) is 11.0. The summed E-state index contributed by atoms with van der Waals surface area (Å²) in [6.07, 6.45) is 6.54. The Morgan fingerprint density at radius 2 is 1.90 bits per heavy atom.